The van der Waals surface area contributed by atoms with E-state index in [1.807, 2.05) is 6.07 Å². The molecule has 4 heteroatoms. The number of esters is 1. The third-order valence-electron chi connectivity index (χ3n) is 4.64. The van der Waals surface area contributed by atoms with Crippen molar-refractivity contribution in [2.24, 2.45) is 0 Å². The first-order valence-corrected chi connectivity index (χ1v) is 8.07. The minimum Gasteiger partial charge on any atom is -0.465 e. The lowest BCUT2D eigenvalue weighted by Gasteiger charge is -2.25. The quantitative estimate of drug-likeness (QED) is 0.800. The van der Waals surface area contributed by atoms with Crippen molar-refractivity contribution in [2.75, 3.05) is 13.7 Å². The number of nitrogens with zero attached hydrogens (tertiary/aromatic N) is 1. The summed E-state index contributed by atoms with van der Waals surface area (Å²) in [6.07, 6.45) is 2.34. The molecule has 122 valence electrons. The predicted molar refractivity (Wildman–Crippen MR) is 88.3 cm³/mol. The summed E-state index contributed by atoms with van der Waals surface area (Å²) >= 11 is 0. The first kappa shape index (κ1) is 15.8. The van der Waals surface area contributed by atoms with Crippen LogP contribution in [0.15, 0.2) is 34.7 Å². The average molecular weight is 313 g/mol. The van der Waals surface area contributed by atoms with E-state index < -0.39 is 0 Å². The molecule has 1 atom stereocenters. The van der Waals surface area contributed by atoms with E-state index in [-0.39, 0.29) is 5.97 Å². The first-order valence-electron chi connectivity index (χ1n) is 8.07. The number of furan rings is 1. The lowest BCUT2D eigenvalue weighted by molar-refractivity contribution is 0.0599. The zero-order chi connectivity index (χ0) is 16.4. The summed E-state index contributed by atoms with van der Waals surface area (Å²) in [5, 5.41) is 0. The van der Waals surface area contributed by atoms with Gasteiger partial charge in [0.25, 0.3) is 0 Å². The second kappa shape index (κ2) is 6.59. The van der Waals surface area contributed by atoms with Crippen molar-refractivity contribution < 1.29 is 13.9 Å². The third kappa shape index (κ3) is 3.17. The van der Waals surface area contributed by atoms with Gasteiger partial charge >= 0.3 is 5.97 Å². The fraction of sp³-hybridized carbons (Fsp3) is 0.421. The predicted octanol–water partition coefficient (Wildman–Crippen LogP) is 4.02. The maximum atomic E-state index is 11.7. The molecule has 0 spiro atoms. The van der Waals surface area contributed by atoms with Gasteiger partial charge in [-0.05, 0) is 50.4 Å². The van der Waals surface area contributed by atoms with Gasteiger partial charge in [-0.25, -0.2) is 4.79 Å². The van der Waals surface area contributed by atoms with Crippen molar-refractivity contribution in [1.29, 1.82) is 0 Å². The Bertz CT molecular complexity index is 704. The van der Waals surface area contributed by atoms with Crippen LogP contribution >= 0.6 is 0 Å². The Labute approximate surface area is 137 Å². The van der Waals surface area contributed by atoms with E-state index in [0.717, 1.165) is 25.3 Å². The van der Waals surface area contributed by atoms with E-state index in [1.165, 1.54) is 24.7 Å². The Hall–Kier alpha value is -2.07. The molecule has 0 aliphatic carbocycles. The minimum absolute atomic E-state index is 0.339. The van der Waals surface area contributed by atoms with E-state index in [0.29, 0.717) is 17.4 Å². The summed E-state index contributed by atoms with van der Waals surface area (Å²) in [7, 11) is 1.39. The molecule has 0 amide bonds. The second-order valence-corrected chi connectivity index (χ2v) is 6.16. The smallest absolute Gasteiger partial charge is 0.341 e. The Kier molecular flexibility index (Phi) is 4.53. The molecule has 23 heavy (non-hydrogen) atoms. The molecule has 0 radical (unpaired) electrons. The number of methoxy groups -OCH3 is 1. The highest BCUT2D eigenvalue weighted by atomic mass is 16.5. The van der Waals surface area contributed by atoms with Gasteiger partial charge in [0, 0.05) is 6.04 Å². The number of ether oxygens (including phenoxy) is 1. The molecule has 1 aliphatic heterocycles. The van der Waals surface area contributed by atoms with Gasteiger partial charge in [0.05, 0.1) is 13.7 Å². The number of carbonyl (C=O) groups is 1. The van der Waals surface area contributed by atoms with Crippen LogP contribution in [0.5, 0.6) is 0 Å². The minimum atomic E-state index is -0.339. The molecule has 1 fully saturated rings. The van der Waals surface area contributed by atoms with Crippen molar-refractivity contribution in [3.05, 3.63) is 58.5 Å². The Balaban J connectivity index is 1.80. The molecule has 2 heterocycles. The molecule has 0 N–H and O–H groups in total. The van der Waals surface area contributed by atoms with Gasteiger partial charge in [-0.1, -0.05) is 24.3 Å². The van der Waals surface area contributed by atoms with Crippen LogP contribution in [-0.4, -0.2) is 24.5 Å². The van der Waals surface area contributed by atoms with Crippen LogP contribution in [-0.2, 0) is 11.3 Å². The molecule has 4 nitrogen and oxygen atoms in total. The van der Waals surface area contributed by atoms with Gasteiger partial charge in [-0.15, -0.1) is 0 Å². The summed E-state index contributed by atoms with van der Waals surface area (Å²) < 4.78 is 10.6. The van der Waals surface area contributed by atoms with E-state index in [2.05, 4.69) is 36.1 Å². The zero-order valence-electron chi connectivity index (χ0n) is 14.0. The third-order valence-corrected chi connectivity index (χ3v) is 4.64. The maximum absolute atomic E-state index is 11.7. The van der Waals surface area contributed by atoms with E-state index in [4.69, 9.17) is 9.15 Å². The fourth-order valence-corrected chi connectivity index (χ4v) is 3.46. The molecule has 0 bridgehead atoms. The number of benzene rings is 1. The standard InChI is InChI=1S/C19H23NO3/c1-13-7-4-5-8-16(13)18-9-6-10-20(18)12-15-11-17(14(2)23-15)19(21)22-3/h4-5,7-8,11,18H,6,9-10,12H2,1-3H3. The normalized spacial score (nSPS) is 18.3. The highest BCUT2D eigenvalue weighted by Gasteiger charge is 2.28. The van der Waals surface area contributed by atoms with E-state index in [1.54, 1.807) is 6.92 Å². The Morgan fingerprint density at radius 3 is 2.87 bits per heavy atom. The van der Waals surface area contributed by atoms with Crippen LogP contribution in [0.2, 0.25) is 0 Å². The van der Waals surface area contributed by atoms with Crippen molar-refractivity contribution in [3.8, 4) is 0 Å². The van der Waals surface area contributed by atoms with Crippen LogP contribution in [0.1, 0.15) is 51.9 Å². The van der Waals surface area contributed by atoms with E-state index >= 15 is 0 Å². The van der Waals surface area contributed by atoms with Gasteiger partial charge < -0.3 is 9.15 Å². The van der Waals surface area contributed by atoms with Gasteiger partial charge in [0.2, 0.25) is 0 Å². The van der Waals surface area contributed by atoms with Crippen molar-refractivity contribution in [1.82, 2.24) is 4.90 Å². The molecule has 2 aromatic rings. The molecule has 1 aliphatic rings. The number of hydrogen-bond donors (Lipinski definition) is 0. The lowest BCUT2D eigenvalue weighted by Crippen LogP contribution is -2.23. The number of likely N-dealkylation sites (tertiary alicyclic amines) is 1. The second-order valence-electron chi connectivity index (χ2n) is 6.16. The SMILES string of the molecule is COC(=O)c1cc(CN2CCCC2c2ccccc2C)oc1C. The van der Waals surface area contributed by atoms with Crippen LogP contribution in [0.3, 0.4) is 0 Å². The molecular weight excluding hydrogens is 290 g/mol. The van der Waals surface area contributed by atoms with Gasteiger partial charge in [0.1, 0.15) is 17.1 Å². The van der Waals surface area contributed by atoms with Crippen molar-refractivity contribution in [2.45, 2.75) is 39.3 Å². The van der Waals surface area contributed by atoms with Crippen LogP contribution in [0.25, 0.3) is 0 Å². The number of hydrogen-bond acceptors (Lipinski definition) is 4. The molecule has 0 saturated carbocycles. The fourth-order valence-electron chi connectivity index (χ4n) is 3.46. The van der Waals surface area contributed by atoms with Crippen molar-refractivity contribution in [3.63, 3.8) is 0 Å². The number of aryl methyl sites for hydroxylation is 2. The summed E-state index contributed by atoms with van der Waals surface area (Å²) in [5.74, 6) is 1.11. The Morgan fingerprint density at radius 2 is 2.13 bits per heavy atom. The molecule has 1 saturated heterocycles. The summed E-state index contributed by atoms with van der Waals surface area (Å²) in [6, 6.07) is 10.8. The highest BCUT2D eigenvalue weighted by molar-refractivity contribution is 5.90. The van der Waals surface area contributed by atoms with Crippen LogP contribution in [0, 0.1) is 13.8 Å². The van der Waals surface area contributed by atoms with Crippen molar-refractivity contribution >= 4 is 5.97 Å². The van der Waals surface area contributed by atoms with Gasteiger partial charge in [-0.3, -0.25) is 4.90 Å². The summed E-state index contributed by atoms with van der Waals surface area (Å²) in [5.41, 5.74) is 3.24. The molecule has 1 aromatic heterocycles. The zero-order valence-corrected chi connectivity index (χ0v) is 14.0. The molecule has 1 aromatic carbocycles. The number of rotatable bonds is 4. The summed E-state index contributed by atoms with van der Waals surface area (Å²) in [4.78, 5) is 14.2. The average Bonchev–Trinajstić information content (AvgIpc) is 3.14. The monoisotopic (exact) mass is 313 g/mol. The van der Waals surface area contributed by atoms with E-state index in [9.17, 15) is 4.79 Å². The Morgan fingerprint density at radius 1 is 1.35 bits per heavy atom. The number of carbonyl (C=O) groups excluding carboxylic acids is 1. The van der Waals surface area contributed by atoms with Crippen LogP contribution < -0.4 is 0 Å². The molecule has 3 rings (SSSR count). The largest absolute Gasteiger partial charge is 0.465 e. The topological polar surface area (TPSA) is 42.7 Å². The van der Waals surface area contributed by atoms with Gasteiger partial charge in [-0.2, -0.15) is 0 Å². The first-order chi connectivity index (χ1) is 11.1. The highest BCUT2D eigenvalue weighted by Crippen LogP contribution is 2.35. The summed E-state index contributed by atoms with van der Waals surface area (Å²) in [6.45, 7) is 5.74. The molecule has 1 unspecified atom stereocenters. The maximum Gasteiger partial charge on any atom is 0.341 e. The lowest BCUT2D eigenvalue weighted by atomic mass is 9.99. The van der Waals surface area contributed by atoms with Gasteiger partial charge in [0.15, 0.2) is 0 Å². The molecular formula is C19H23NO3. The van der Waals surface area contributed by atoms with Crippen LogP contribution in [0.4, 0.5) is 0 Å².